The number of hydrogen-bond donors (Lipinski definition) is 3. The summed E-state index contributed by atoms with van der Waals surface area (Å²) < 4.78 is 1.34. The zero-order chi connectivity index (χ0) is 42.3. The Bertz CT molecular complexity index is 2730. The van der Waals surface area contributed by atoms with E-state index in [4.69, 9.17) is 4.98 Å². The molecule has 0 saturated carbocycles. The van der Waals surface area contributed by atoms with Crippen LogP contribution in [0.25, 0.3) is 21.6 Å². The van der Waals surface area contributed by atoms with Crippen LogP contribution in [0.3, 0.4) is 0 Å². The van der Waals surface area contributed by atoms with E-state index in [9.17, 15) is 29.1 Å². The molecule has 0 aliphatic carbocycles. The molecule has 0 bridgehead atoms. The predicted molar refractivity (Wildman–Crippen MR) is 231 cm³/mol. The van der Waals surface area contributed by atoms with Gasteiger partial charge in [-0.1, -0.05) is 72.8 Å². The Morgan fingerprint density at radius 3 is 2.44 bits per heavy atom. The number of thiazole rings is 1. The van der Waals surface area contributed by atoms with Crippen molar-refractivity contribution in [3.8, 4) is 10.6 Å². The van der Waals surface area contributed by atoms with Crippen LogP contribution in [0.15, 0.2) is 102 Å². The predicted octanol–water partition coefficient (Wildman–Crippen LogP) is 5.20. The second-order valence-electron chi connectivity index (χ2n) is 16.2. The minimum atomic E-state index is -1.28. The highest BCUT2D eigenvalue weighted by atomic mass is 32.1. The van der Waals surface area contributed by atoms with Gasteiger partial charge in [0.2, 0.25) is 17.7 Å². The van der Waals surface area contributed by atoms with Gasteiger partial charge in [0.05, 0.1) is 42.5 Å². The number of amides is 4. The number of anilines is 2. The molecule has 3 aliphatic heterocycles. The molecule has 4 amide bonds. The topological polar surface area (TPSA) is 180 Å². The van der Waals surface area contributed by atoms with Crippen LogP contribution in [0.1, 0.15) is 57.2 Å². The number of nitrogens with zero attached hydrogens (tertiary/aromatic N) is 6. The summed E-state index contributed by atoms with van der Waals surface area (Å²) >= 11 is 1.39. The average molecular weight is 837 g/mol. The molecule has 15 heteroatoms. The van der Waals surface area contributed by atoms with Gasteiger partial charge in [0.25, 0.3) is 11.5 Å². The highest BCUT2D eigenvalue weighted by Gasteiger charge is 2.42. The lowest BCUT2D eigenvalue weighted by Gasteiger charge is -2.43. The molecule has 3 N–H and O–H groups in total. The highest BCUT2D eigenvalue weighted by molar-refractivity contribution is 7.17. The molecular formula is C46H44N8O6S. The Morgan fingerprint density at radius 2 is 1.67 bits per heavy atom. The van der Waals surface area contributed by atoms with E-state index in [2.05, 4.69) is 20.6 Å². The minimum Gasteiger partial charge on any atom is -0.388 e. The van der Waals surface area contributed by atoms with Crippen LogP contribution >= 0.6 is 11.3 Å². The first-order valence-electron chi connectivity index (χ1n) is 20.5. The molecule has 2 atom stereocenters. The smallest absolute Gasteiger partial charge is 0.280 e. The fourth-order valence-corrected chi connectivity index (χ4v) is 9.77. The number of rotatable bonds is 9. The van der Waals surface area contributed by atoms with E-state index in [-0.39, 0.29) is 72.6 Å². The van der Waals surface area contributed by atoms with Crippen molar-refractivity contribution in [3.63, 3.8) is 0 Å². The quantitative estimate of drug-likeness (QED) is 0.177. The lowest BCUT2D eigenvalue weighted by atomic mass is 9.79. The van der Waals surface area contributed by atoms with E-state index in [1.807, 2.05) is 89.5 Å². The van der Waals surface area contributed by atoms with E-state index < -0.39 is 11.2 Å². The van der Waals surface area contributed by atoms with E-state index >= 15 is 0 Å². The fraction of sp³-hybridized carbons (Fsp3) is 0.304. The third-order valence-corrected chi connectivity index (χ3v) is 13.2. The van der Waals surface area contributed by atoms with Crippen molar-refractivity contribution in [1.29, 1.82) is 0 Å². The maximum Gasteiger partial charge on any atom is 0.280 e. The van der Waals surface area contributed by atoms with Gasteiger partial charge < -0.3 is 25.5 Å². The number of fused-ring (bicyclic) bond motifs is 2. The zero-order valence-electron chi connectivity index (χ0n) is 33.5. The minimum absolute atomic E-state index is 0.00501. The summed E-state index contributed by atoms with van der Waals surface area (Å²) in [5.41, 5.74) is 3.62. The molecule has 2 fully saturated rings. The number of likely N-dealkylation sites (tertiary alicyclic amines) is 2. The summed E-state index contributed by atoms with van der Waals surface area (Å²) in [6.07, 6.45) is 2.75. The maximum atomic E-state index is 14.3. The van der Waals surface area contributed by atoms with Crippen LogP contribution in [0.4, 0.5) is 11.5 Å². The Labute approximate surface area is 355 Å². The number of hydrogen-bond acceptors (Lipinski definition) is 10. The van der Waals surface area contributed by atoms with Gasteiger partial charge in [0, 0.05) is 49.3 Å². The van der Waals surface area contributed by atoms with E-state index in [1.165, 1.54) is 22.2 Å². The first kappa shape index (κ1) is 39.9. The number of benzene rings is 3. The standard InChI is InChI=1S/C46H44N8O6S/c1-28-41(61-42(48-28)31-10-6-3-7-11-31)45(59)53-19-16-33(34(25-53)30-8-4-2-5-9-30)43(57)52-20-17-46(60,18-21-52)26-54-27-47-35-14-15-37(51-40(35)44(54)58)50-38(55)23-29-12-13-32-24-39(56)49-36(32)22-29/h2-15,22,27,33-34,60H,16-21,23-26H2,1H3,(H,49,56)(H,50,51,55)/t33-,34+/m1/s1. The molecule has 3 aliphatic rings. The molecular weight excluding hydrogens is 793 g/mol. The largest absolute Gasteiger partial charge is 0.388 e. The number of aromatic nitrogens is 4. The molecule has 310 valence electrons. The monoisotopic (exact) mass is 836 g/mol. The van der Waals surface area contributed by atoms with Crippen molar-refractivity contribution in [1.82, 2.24) is 29.3 Å². The molecule has 61 heavy (non-hydrogen) atoms. The number of piperidine rings is 2. The first-order chi connectivity index (χ1) is 29.5. The molecule has 6 heterocycles. The summed E-state index contributed by atoms with van der Waals surface area (Å²) in [7, 11) is 0. The zero-order valence-corrected chi connectivity index (χ0v) is 34.4. The van der Waals surface area contributed by atoms with E-state index in [0.29, 0.717) is 60.8 Å². The van der Waals surface area contributed by atoms with Crippen molar-refractivity contribution in [2.45, 2.75) is 57.1 Å². The lowest BCUT2D eigenvalue weighted by molar-refractivity contribution is -0.142. The van der Waals surface area contributed by atoms with Crippen molar-refractivity contribution in [3.05, 3.63) is 135 Å². The Balaban J connectivity index is 0.847. The van der Waals surface area contributed by atoms with Crippen LogP contribution in [0, 0.1) is 12.8 Å². The third-order valence-electron chi connectivity index (χ3n) is 12.0. The molecule has 6 aromatic rings. The molecule has 0 spiro atoms. The Hall–Kier alpha value is -6.58. The molecule has 3 aromatic carbocycles. The van der Waals surface area contributed by atoms with Gasteiger partial charge in [-0.05, 0) is 61.1 Å². The van der Waals surface area contributed by atoms with Gasteiger partial charge >= 0.3 is 0 Å². The second-order valence-corrected chi connectivity index (χ2v) is 17.2. The fourth-order valence-electron chi connectivity index (χ4n) is 8.73. The number of nitrogens with one attached hydrogen (secondary N) is 2. The van der Waals surface area contributed by atoms with Crippen molar-refractivity contribution in [2.24, 2.45) is 5.92 Å². The molecule has 14 nitrogen and oxygen atoms in total. The molecule has 9 rings (SSSR count). The van der Waals surface area contributed by atoms with Gasteiger partial charge in [-0.15, -0.1) is 11.3 Å². The van der Waals surface area contributed by atoms with Crippen LogP contribution in [0.5, 0.6) is 0 Å². The van der Waals surface area contributed by atoms with Crippen molar-refractivity contribution < 1.29 is 24.3 Å². The summed E-state index contributed by atoms with van der Waals surface area (Å²) in [5.74, 6) is -0.894. The van der Waals surface area contributed by atoms with Gasteiger partial charge in [-0.25, -0.2) is 15.0 Å². The van der Waals surface area contributed by atoms with Crippen LogP contribution in [0.2, 0.25) is 0 Å². The third kappa shape index (κ3) is 8.30. The number of pyridine rings is 1. The summed E-state index contributed by atoms with van der Waals surface area (Å²) in [6.45, 7) is 3.25. The van der Waals surface area contributed by atoms with Gasteiger partial charge in [-0.2, -0.15) is 0 Å². The van der Waals surface area contributed by atoms with Crippen LogP contribution < -0.4 is 16.2 Å². The lowest BCUT2D eigenvalue weighted by Crippen LogP contribution is -2.53. The molecule has 3 aromatic heterocycles. The van der Waals surface area contributed by atoms with Crippen LogP contribution in [-0.2, 0) is 33.8 Å². The normalized spacial score (nSPS) is 18.4. The number of carbonyl (C=O) groups excluding carboxylic acids is 4. The number of aliphatic hydroxyl groups is 1. The van der Waals surface area contributed by atoms with E-state index in [0.717, 1.165) is 27.3 Å². The Morgan fingerprint density at radius 1 is 0.918 bits per heavy atom. The van der Waals surface area contributed by atoms with Crippen molar-refractivity contribution in [2.75, 3.05) is 36.8 Å². The molecule has 0 unspecified atom stereocenters. The Kier molecular flexibility index (Phi) is 10.8. The summed E-state index contributed by atoms with van der Waals surface area (Å²) in [6, 6.07) is 28.3. The SMILES string of the molecule is Cc1nc(-c2ccccc2)sc1C(=O)N1CC[C@@H](C(=O)N2CCC(O)(Cn3cnc4ccc(NC(=O)Cc5ccc6c(c5)NC(=O)C6)nc4c3=O)CC2)[C@H](c2ccccc2)C1. The number of carbonyl (C=O) groups is 4. The first-order valence-corrected chi connectivity index (χ1v) is 21.3. The molecule has 2 saturated heterocycles. The maximum absolute atomic E-state index is 14.3. The molecule has 0 radical (unpaired) electrons. The van der Waals surface area contributed by atoms with Gasteiger partial charge in [0.15, 0.2) is 5.52 Å². The summed E-state index contributed by atoms with van der Waals surface area (Å²) in [5, 5.41) is 18.1. The van der Waals surface area contributed by atoms with E-state index in [1.54, 1.807) is 18.2 Å². The van der Waals surface area contributed by atoms with Crippen molar-refractivity contribution >= 4 is 57.5 Å². The van der Waals surface area contributed by atoms with Gasteiger partial charge in [0.1, 0.15) is 15.7 Å². The van der Waals surface area contributed by atoms with Crippen LogP contribution in [-0.4, -0.2) is 89.8 Å². The average Bonchev–Trinajstić information content (AvgIpc) is 3.86. The second kappa shape index (κ2) is 16.5. The number of aryl methyl sites for hydroxylation is 1. The summed E-state index contributed by atoms with van der Waals surface area (Å²) in [4.78, 5) is 84.6. The van der Waals surface area contributed by atoms with Gasteiger partial charge in [-0.3, -0.25) is 28.5 Å². The highest BCUT2D eigenvalue weighted by Crippen LogP contribution is 2.37.